The molecular weight excluding hydrogens is 224 g/mol. The zero-order chi connectivity index (χ0) is 11.1. The molecule has 16 heavy (non-hydrogen) atoms. The molecule has 1 aliphatic heterocycles. The average molecular weight is 237 g/mol. The van der Waals surface area contributed by atoms with Gasteiger partial charge in [0.15, 0.2) is 5.82 Å². The van der Waals surface area contributed by atoms with Crippen molar-refractivity contribution in [3.05, 3.63) is 29.7 Å². The Morgan fingerprint density at radius 2 is 2.31 bits per heavy atom. The lowest BCUT2D eigenvalue weighted by atomic mass is 10.3. The van der Waals surface area contributed by atoms with Crippen LogP contribution in [0.4, 0.5) is 5.82 Å². The maximum absolute atomic E-state index is 6.17. The van der Waals surface area contributed by atoms with Crippen molar-refractivity contribution in [3.8, 4) is 0 Å². The van der Waals surface area contributed by atoms with Gasteiger partial charge in [-0.2, -0.15) is 0 Å². The van der Waals surface area contributed by atoms with Crippen LogP contribution in [0, 0.1) is 0 Å². The second-order valence-electron chi connectivity index (χ2n) is 4.17. The monoisotopic (exact) mass is 236 g/mol. The maximum atomic E-state index is 6.17. The molecule has 1 saturated heterocycles. The van der Waals surface area contributed by atoms with Gasteiger partial charge in [-0.1, -0.05) is 11.6 Å². The van der Waals surface area contributed by atoms with Crippen LogP contribution in [0.25, 0.3) is 5.52 Å². The van der Waals surface area contributed by atoms with Crippen LogP contribution in [0.5, 0.6) is 0 Å². The van der Waals surface area contributed by atoms with Crippen molar-refractivity contribution >= 4 is 22.9 Å². The van der Waals surface area contributed by atoms with Gasteiger partial charge in [0.2, 0.25) is 0 Å². The summed E-state index contributed by atoms with van der Waals surface area (Å²) in [7, 11) is 0. The number of hydrogen-bond donors (Lipinski definition) is 1. The highest BCUT2D eigenvalue weighted by Crippen LogP contribution is 2.28. The van der Waals surface area contributed by atoms with E-state index in [1.165, 1.54) is 0 Å². The van der Waals surface area contributed by atoms with Gasteiger partial charge < -0.3 is 15.0 Å². The Hall–Kier alpha value is -1.26. The molecule has 0 bridgehead atoms. The first-order valence-corrected chi connectivity index (χ1v) is 5.75. The third kappa shape index (κ3) is 1.45. The van der Waals surface area contributed by atoms with Crippen LogP contribution in [0.15, 0.2) is 24.7 Å². The van der Waals surface area contributed by atoms with Crippen LogP contribution in [-0.2, 0) is 0 Å². The van der Waals surface area contributed by atoms with Crippen LogP contribution in [0.1, 0.15) is 6.42 Å². The number of anilines is 1. The zero-order valence-electron chi connectivity index (χ0n) is 8.81. The van der Waals surface area contributed by atoms with E-state index in [9.17, 15) is 0 Å². The van der Waals surface area contributed by atoms with E-state index in [1.807, 2.05) is 22.9 Å². The minimum Gasteiger partial charge on any atom is -0.353 e. The number of halogens is 1. The number of nitrogens with two attached hydrogens (primary N) is 1. The minimum atomic E-state index is 0.246. The number of hydrogen-bond acceptors (Lipinski definition) is 3. The van der Waals surface area contributed by atoms with Crippen molar-refractivity contribution < 1.29 is 0 Å². The molecule has 1 atom stereocenters. The smallest absolute Gasteiger partial charge is 0.154 e. The molecule has 3 heterocycles. The Balaban J connectivity index is 2.12. The lowest BCUT2D eigenvalue weighted by Crippen LogP contribution is -2.27. The van der Waals surface area contributed by atoms with Crippen molar-refractivity contribution in [1.82, 2.24) is 9.38 Å². The summed E-state index contributed by atoms with van der Waals surface area (Å²) in [5.41, 5.74) is 6.88. The van der Waals surface area contributed by atoms with E-state index in [0.29, 0.717) is 0 Å². The van der Waals surface area contributed by atoms with Crippen molar-refractivity contribution in [2.24, 2.45) is 5.73 Å². The lowest BCUT2D eigenvalue weighted by molar-refractivity contribution is 0.751. The third-order valence-electron chi connectivity index (χ3n) is 3.03. The second-order valence-corrected chi connectivity index (χ2v) is 4.57. The summed E-state index contributed by atoms with van der Waals surface area (Å²) in [4.78, 5) is 6.62. The van der Waals surface area contributed by atoms with Crippen LogP contribution in [0.2, 0.25) is 5.02 Å². The molecule has 0 amide bonds. The largest absolute Gasteiger partial charge is 0.353 e. The number of aromatic nitrogens is 2. The molecule has 2 aromatic rings. The molecule has 2 N–H and O–H groups in total. The second kappa shape index (κ2) is 3.64. The Morgan fingerprint density at radius 1 is 1.44 bits per heavy atom. The molecule has 0 aliphatic carbocycles. The normalized spacial score (nSPS) is 20.9. The van der Waals surface area contributed by atoms with E-state index in [2.05, 4.69) is 9.88 Å². The van der Waals surface area contributed by atoms with Gasteiger partial charge in [0.25, 0.3) is 0 Å². The van der Waals surface area contributed by atoms with E-state index in [-0.39, 0.29) is 6.04 Å². The first-order chi connectivity index (χ1) is 7.75. The molecule has 0 saturated carbocycles. The van der Waals surface area contributed by atoms with E-state index in [4.69, 9.17) is 17.3 Å². The average Bonchev–Trinajstić information content (AvgIpc) is 2.86. The van der Waals surface area contributed by atoms with Gasteiger partial charge in [-0.3, -0.25) is 0 Å². The highest BCUT2D eigenvalue weighted by molar-refractivity contribution is 6.34. The topological polar surface area (TPSA) is 46.6 Å². The van der Waals surface area contributed by atoms with Gasteiger partial charge in [0, 0.05) is 37.7 Å². The number of fused-ring (bicyclic) bond motifs is 1. The molecule has 1 fully saturated rings. The van der Waals surface area contributed by atoms with Gasteiger partial charge in [-0.25, -0.2) is 4.98 Å². The Morgan fingerprint density at radius 3 is 3.06 bits per heavy atom. The van der Waals surface area contributed by atoms with E-state index < -0.39 is 0 Å². The predicted molar refractivity (Wildman–Crippen MR) is 65.0 cm³/mol. The fourth-order valence-electron chi connectivity index (χ4n) is 2.22. The van der Waals surface area contributed by atoms with Gasteiger partial charge in [0.1, 0.15) is 5.52 Å². The standard InChI is InChI=1S/C11H13ClN4/c12-9-2-5-15-6-3-14-11(10(9)15)16-4-1-8(13)7-16/h2-3,5-6,8H,1,4,7,13H2. The molecular formula is C11H13ClN4. The minimum absolute atomic E-state index is 0.246. The van der Waals surface area contributed by atoms with Gasteiger partial charge in [0.05, 0.1) is 5.02 Å². The van der Waals surface area contributed by atoms with Crippen LogP contribution < -0.4 is 10.6 Å². The summed E-state index contributed by atoms with van der Waals surface area (Å²) in [6.45, 7) is 1.81. The van der Waals surface area contributed by atoms with Gasteiger partial charge in [-0.15, -0.1) is 0 Å². The third-order valence-corrected chi connectivity index (χ3v) is 3.33. The molecule has 1 unspecified atom stereocenters. The maximum Gasteiger partial charge on any atom is 0.154 e. The summed E-state index contributed by atoms with van der Waals surface area (Å²) in [5.74, 6) is 0.936. The van der Waals surface area contributed by atoms with Gasteiger partial charge >= 0.3 is 0 Å². The van der Waals surface area contributed by atoms with E-state index in [1.54, 1.807) is 6.20 Å². The summed E-state index contributed by atoms with van der Waals surface area (Å²) < 4.78 is 1.99. The Labute approximate surface area is 98.6 Å². The number of nitrogens with zero attached hydrogens (tertiary/aromatic N) is 3. The molecule has 0 aromatic carbocycles. The summed E-state index contributed by atoms with van der Waals surface area (Å²) in [5, 5.41) is 0.739. The summed E-state index contributed by atoms with van der Waals surface area (Å²) in [6.07, 6.45) is 6.66. The van der Waals surface area contributed by atoms with Crippen molar-refractivity contribution in [3.63, 3.8) is 0 Å². The molecule has 1 aliphatic rings. The molecule has 2 aromatic heterocycles. The molecule has 84 valence electrons. The summed E-state index contributed by atoms with van der Waals surface area (Å²) in [6, 6.07) is 2.13. The lowest BCUT2D eigenvalue weighted by Gasteiger charge is -2.18. The molecule has 3 rings (SSSR count). The zero-order valence-corrected chi connectivity index (χ0v) is 9.56. The van der Waals surface area contributed by atoms with Gasteiger partial charge in [-0.05, 0) is 12.5 Å². The van der Waals surface area contributed by atoms with Crippen LogP contribution in [0.3, 0.4) is 0 Å². The Kier molecular flexibility index (Phi) is 2.26. The SMILES string of the molecule is NC1CCN(c2nccn3ccc(Cl)c23)C1. The molecule has 0 radical (unpaired) electrons. The van der Waals surface area contributed by atoms with Crippen LogP contribution in [-0.4, -0.2) is 28.5 Å². The van der Waals surface area contributed by atoms with Crippen molar-refractivity contribution in [1.29, 1.82) is 0 Å². The van der Waals surface area contributed by atoms with E-state index in [0.717, 1.165) is 35.9 Å². The van der Waals surface area contributed by atoms with Crippen molar-refractivity contribution in [2.75, 3.05) is 18.0 Å². The highest BCUT2D eigenvalue weighted by atomic mass is 35.5. The quantitative estimate of drug-likeness (QED) is 0.817. The molecule has 5 heteroatoms. The first kappa shape index (κ1) is 9.93. The highest BCUT2D eigenvalue weighted by Gasteiger charge is 2.22. The number of rotatable bonds is 1. The van der Waals surface area contributed by atoms with E-state index >= 15 is 0 Å². The molecule has 0 spiro atoms. The first-order valence-electron chi connectivity index (χ1n) is 5.37. The van der Waals surface area contributed by atoms with Crippen molar-refractivity contribution in [2.45, 2.75) is 12.5 Å². The van der Waals surface area contributed by atoms with Crippen LogP contribution >= 0.6 is 11.6 Å². The Bertz CT molecular complexity index is 522. The fraction of sp³-hybridized carbons (Fsp3) is 0.364. The predicted octanol–water partition coefficient (Wildman–Crippen LogP) is 1.53. The fourth-order valence-corrected chi connectivity index (χ4v) is 2.46. The summed E-state index contributed by atoms with van der Waals surface area (Å²) >= 11 is 6.17. The molecule has 4 nitrogen and oxygen atoms in total.